The minimum atomic E-state index is -3.01. The Kier molecular flexibility index (Phi) is 2.19. The van der Waals surface area contributed by atoms with Crippen molar-refractivity contribution in [2.75, 3.05) is 0 Å². The van der Waals surface area contributed by atoms with E-state index in [1.165, 1.54) is 24.3 Å². The van der Waals surface area contributed by atoms with Crippen LogP contribution in [0.25, 0.3) is 0 Å². The van der Waals surface area contributed by atoms with Crippen LogP contribution in [-0.2, 0) is 5.92 Å². The first-order chi connectivity index (χ1) is 6.96. The van der Waals surface area contributed by atoms with Crippen LogP contribution in [0.4, 0.5) is 8.78 Å². The minimum Gasteiger partial charge on any atom is -0.508 e. The monoisotopic (exact) mass is 213 g/mol. The highest BCUT2D eigenvalue weighted by Crippen LogP contribution is 2.48. The van der Waals surface area contributed by atoms with E-state index in [0.717, 1.165) is 6.42 Å². The summed E-state index contributed by atoms with van der Waals surface area (Å²) in [4.78, 5) is 0. The Morgan fingerprint density at radius 1 is 1.20 bits per heavy atom. The first-order valence-electron chi connectivity index (χ1n) is 4.92. The molecule has 0 heterocycles. The molecule has 1 aromatic carbocycles. The molecule has 0 unspecified atom stereocenters. The average molecular weight is 213 g/mol. The van der Waals surface area contributed by atoms with Crippen molar-refractivity contribution in [1.82, 2.24) is 0 Å². The van der Waals surface area contributed by atoms with E-state index in [1.54, 1.807) is 0 Å². The molecule has 2 nitrogen and oxygen atoms in total. The third-order valence-electron chi connectivity index (χ3n) is 3.10. The lowest BCUT2D eigenvalue weighted by Crippen LogP contribution is -2.58. The lowest BCUT2D eigenvalue weighted by Gasteiger charge is -2.44. The van der Waals surface area contributed by atoms with E-state index in [-0.39, 0.29) is 11.3 Å². The highest BCUT2D eigenvalue weighted by molar-refractivity contribution is 5.31. The fourth-order valence-corrected chi connectivity index (χ4v) is 1.83. The van der Waals surface area contributed by atoms with Gasteiger partial charge in [0.2, 0.25) is 0 Å². The van der Waals surface area contributed by atoms with Gasteiger partial charge in [-0.1, -0.05) is 0 Å². The number of phenolic OH excluding ortho intramolecular Hbond substituents is 1. The zero-order chi connectivity index (χ0) is 11.1. The van der Waals surface area contributed by atoms with Gasteiger partial charge in [-0.2, -0.15) is 8.78 Å². The van der Waals surface area contributed by atoms with E-state index >= 15 is 0 Å². The van der Waals surface area contributed by atoms with Crippen molar-refractivity contribution in [3.63, 3.8) is 0 Å². The summed E-state index contributed by atoms with van der Waals surface area (Å²) in [6.07, 6.45) is 1.45. The molecule has 3 N–H and O–H groups in total. The Balaban J connectivity index is 2.32. The Labute approximate surface area is 86.7 Å². The minimum absolute atomic E-state index is 0.0192. The maximum Gasteiger partial charge on any atom is 0.290 e. The molecule has 1 aliphatic carbocycles. The number of benzene rings is 1. The molecular formula is C11H13F2NO. The van der Waals surface area contributed by atoms with Gasteiger partial charge in [0.1, 0.15) is 5.75 Å². The number of alkyl halides is 2. The van der Waals surface area contributed by atoms with Crippen LogP contribution in [0.2, 0.25) is 0 Å². The maximum absolute atomic E-state index is 13.9. The topological polar surface area (TPSA) is 46.2 Å². The first-order valence-corrected chi connectivity index (χ1v) is 4.92. The molecule has 15 heavy (non-hydrogen) atoms. The molecule has 0 atom stereocenters. The Morgan fingerprint density at radius 3 is 2.13 bits per heavy atom. The van der Waals surface area contributed by atoms with Crippen LogP contribution in [0, 0.1) is 0 Å². The van der Waals surface area contributed by atoms with Crippen LogP contribution >= 0.6 is 0 Å². The predicted molar refractivity (Wildman–Crippen MR) is 52.8 cm³/mol. The summed E-state index contributed by atoms with van der Waals surface area (Å²) in [5.41, 5.74) is 4.12. The Bertz CT molecular complexity index is 357. The number of hydrogen-bond donors (Lipinski definition) is 2. The van der Waals surface area contributed by atoms with Gasteiger partial charge in [0, 0.05) is 5.56 Å². The van der Waals surface area contributed by atoms with Crippen LogP contribution in [0.1, 0.15) is 24.8 Å². The van der Waals surface area contributed by atoms with Crippen molar-refractivity contribution < 1.29 is 13.9 Å². The molecule has 0 bridgehead atoms. The molecule has 0 aromatic heterocycles. The molecule has 82 valence electrons. The van der Waals surface area contributed by atoms with Crippen LogP contribution in [0.3, 0.4) is 0 Å². The summed E-state index contributed by atoms with van der Waals surface area (Å²) >= 11 is 0. The summed E-state index contributed by atoms with van der Waals surface area (Å²) in [6, 6.07) is 4.96. The highest BCUT2D eigenvalue weighted by Gasteiger charge is 2.55. The molecule has 1 saturated carbocycles. The summed E-state index contributed by atoms with van der Waals surface area (Å²) in [5.74, 6) is -3.03. The largest absolute Gasteiger partial charge is 0.508 e. The third kappa shape index (κ3) is 1.49. The van der Waals surface area contributed by atoms with Crippen LogP contribution in [0.15, 0.2) is 24.3 Å². The Morgan fingerprint density at radius 2 is 1.73 bits per heavy atom. The Hall–Kier alpha value is -1.16. The molecule has 0 aliphatic heterocycles. The van der Waals surface area contributed by atoms with Crippen LogP contribution in [-0.4, -0.2) is 10.6 Å². The number of hydrogen-bond acceptors (Lipinski definition) is 2. The molecule has 0 radical (unpaired) electrons. The lowest BCUT2D eigenvalue weighted by atomic mass is 9.71. The van der Waals surface area contributed by atoms with Gasteiger partial charge in [0.25, 0.3) is 5.92 Å². The summed E-state index contributed by atoms with van der Waals surface area (Å²) in [5, 5.41) is 9.02. The summed E-state index contributed by atoms with van der Waals surface area (Å²) in [7, 11) is 0. The predicted octanol–water partition coefficient (Wildman–Crippen LogP) is 2.37. The van der Waals surface area contributed by atoms with Crippen molar-refractivity contribution >= 4 is 0 Å². The van der Waals surface area contributed by atoms with Crippen molar-refractivity contribution in [2.24, 2.45) is 5.73 Å². The number of halogens is 2. The zero-order valence-electron chi connectivity index (χ0n) is 8.21. The second-order valence-corrected chi connectivity index (χ2v) is 4.13. The molecule has 1 aromatic rings. The molecular weight excluding hydrogens is 200 g/mol. The molecule has 1 fully saturated rings. The molecule has 0 amide bonds. The van der Waals surface area contributed by atoms with Gasteiger partial charge in [0.15, 0.2) is 0 Å². The number of nitrogens with two attached hydrogens (primary N) is 1. The van der Waals surface area contributed by atoms with Gasteiger partial charge in [-0.05, 0) is 43.5 Å². The smallest absolute Gasteiger partial charge is 0.290 e. The van der Waals surface area contributed by atoms with E-state index in [1.807, 2.05) is 0 Å². The molecule has 1 aliphatic rings. The van der Waals surface area contributed by atoms with Gasteiger partial charge in [-0.15, -0.1) is 0 Å². The molecule has 2 rings (SSSR count). The maximum atomic E-state index is 13.9. The second-order valence-electron chi connectivity index (χ2n) is 4.13. The van der Waals surface area contributed by atoms with Crippen LogP contribution < -0.4 is 5.73 Å². The molecule has 4 heteroatoms. The van der Waals surface area contributed by atoms with E-state index in [9.17, 15) is 8.78 Å². The van der Waals surface area contributed by atoms with E-state index in [4.69, 9.17) is 10.8 Å². The summed E-state index contributed by atoms with van der Waals surface area (Å²) in [6.45, 7) is 0. The van der Waals surface area contributed by atoms with Crippen molar-refractivity contribution in [3.05, 3.63) is 29.8 Å². The molecule has 0 spiro atoms. The normalized spacial score (nSPS) is 19.7. The van der Waals surface area contributed by atoms with Crippen molar-refractivity contribution in [3.8, 4) is 5.75 Å². The van der Waals surface area contributed by atoms with E-state index < -0.39 is 11.5 Å². The van der Waals surface area contributed by atoms with Crippen LogP contribution in [0.5, 0.6) is 5.75 Å². The van der Waals surface area contributed by atoms with E-state index in [2.05, 4.69) is 0 Å². The fraction of sp³-hybridized carbons (Fsp3) is 0.455. The fourth-order valence-electron chi connectivity index (χ4n) is 1.83. The number of rotatable bonds is 2. The zero-order valence-corrected chi connectivity index (χ0v) is 8.21. The summed E-state index contributed by atoms with van der Waals surface area (Å²) < 4.78 is 27.8. The van der Waals surface area contributed by atoms with E-state index in [0.29, 0.717) is 12.8 Å². The quantitative estimate of drug-likeness (QED) is 0.792. The van der Waals surface area contributed by atoms with Gasteiger partial charge in [-0.25, -0.2) is 0 Å². The highest BCUT2D eigenvalue weighted by atomic mass is 19.3. The first kappa shape index (κ1) is 10.4. The van der Waals surface area contributed by atoms with Gasteiger partial charge < -0.3 is 10.8 Å². The van der Waals surface area contributed by atoms with Gasteiger partial charge >= 0.3 is 0 Å². The lowest BCUT2D eigenvalue weighted by molar-refractivity contribution is -0.113. The number of phenols is 1. The standard InChI is InChI=1S/C11H13F2NO/c12-11(13,10(14)6-1-7-10)8-2-4-9(15)5-3-8/h2-5,15H,1,6-7,14H2. The van der Waals surface area contributed by atoms with Crippen molar-refractivity contribution in [1.29, 1.82) is 0 Å². The van der Waals surface area contributed by atoms with Crippen molar-refractivity contribution in [2.45, 2.75) is 30.7 Å². The average Bonchev–Trinajstić information content (AvgIpc) is 2.14. The number of aromatic hydroxyl groups is 1. The SMILES string of the molecule is NC1(C(F)(F)c2ccc(O)cc2)CCC1. The third-order valence-corrected chi connectivity index (χ3v) is 3.10. The van der Waals surface area contributed by atoms with Gasteiger partial charge in [-0.3, -0.25) is 0 Å². The van der Waals surface area contributed by atoms with Gasteiger partial charge in [0.05, 0.1) is 5.54 Å². The molecule has 0 saturated heterocycles. The second kappa shape index (κ2) is 3.17.